The van der Waals surface area contributed by atoms with Crippen LogP contribution < -0.4 is 15.0 Å². The Morgan fingerprint density at radius 3 is 2.86 bits per heavy atom. The second-order valence-electron chi connectivity index (χ2n) is 5.77. The molecule has 0 spiro atoms. The molecule has 3 aromatic rings. The number of hydrogen-bond donors (Lipinski definition) is 0. The van der Waals surface area contributed by atoms with Crippen LogP contribution in [0.25, 0.3) is 11.8 Å². The van der Waals surface area contributed by atoms with E-state index in [2.05, 4.69) is 25.9 Å². The molecule has 0 N–H and O–H groups in total. The lowest BCUT2D eigenvalue weighted by Gasteiger charge is -2.19. The number of ether oxygens (including phenoxy) is 2. The van der Waals surface area contributed by atoms with Crippen molar-refractivity contribution in [2.24, 2.45) is 0 Å². The van der Waals surface area contributed by atoms with Crippen LogP contribution in [0.4, 0.5) is 13.2 Å². The molecule has 0 aromatic carbocycles. The number of rotatable bonds is 3. The van der Waals surface area contributed by atoms with E-state index in [1.165, 1.54) is 18.3 Å². The van der Waals surface area contributed by atoms with Crippen LogP contribution in [-0.2, 0) is 6.56 Å². The first-order valence-corrected chi connectivity index (χ1v) is 8.88. The fraction of sp³-hybridized carbons (Fsp3) is 0.105. The Hall–Kier alpha value is -3.14. The molecular weight excluding hydrogens is 455 g/mol. The van der Waals surface area contributed by atoms with E-state index >= 15 is 0 Å². The summed E-state index contributed by atoms with van der Waals surface area (Å²) in [5.41, 5.74) is -1.61. The minimum atomic E-state index is -2.83. The number of pyridine rings is 3. The highest BCUT2D eigenvalue weighted by Crippen LogP contribution is 2.31. The quantitative estimate of drug-likeness (QED) is 0.548. The molecule has 0 saturated carbocycles. The van der Waals surface area contributed by atoms with Gasteiger partial charge < -0.3 is 9.47 Å². The lowest BCUT2D eigenvalue weighted by molar-refractivity contribution is 0.292. The maximum absolute atomic E-state index is 14.8. The molecule has 10 heteroatoms. The van der Waals surface area contributed by atoms with Gasteiger partial charge in [0.15, 0.2) is 17.4 Å². The first kappa shape index (κ1) is 16.8. The summed E-state index contributed by atoms with van der Waals surface area (Å²) in [6.45, 7) is -2.77. The molecule has 29 heavy (non-hydrogen) atoms. The third-order valence-electron chi connectivity index (χ3n) is 3.87. The van der Waals surface area contributed by atoms with Gasteiger partial charge in [-0.2, -0.15) is 0 Å². The Morgan fingerprint density at radius 2 is 2.07 bits per heavy atom. The van der Waals surface area contributed by atoms with E-state index < -0.39 is 35.3 Å². The summed E-state index contributed by atoms with van der Waals surface area (Å²) in [6.07, 6.45) is 4.90. The van der Waals surface area contributed by atoms with Gasteiger partial charge in [0.2, 0.25) is 0 Å². The zero-order valence-electron chi connectivity index (χ0n) is 16.3. The van der Waals surface area contributed by atoms with Gasteiger partial charge in [-0.15, -0.1) is 0 Å². The fourth-order valence-electron chi connectivity index (χ4n) is 2.64. The van der Waals surface area contributed by atoms with Gasteiger partial charge >= 0.3 is 0 Å². The molecule has 0 amide bonds. The molecule has 3 aromatic heterocycles. The Balaban J connectivity index is 1.82. The van der Waals surface area contributed by atoms with Gasteiger partial charge in [-0.3, -0.25) is 14.3 Å². The summed E-state index contributed by atoms with van der Waals surface area (Å²) >= 11 is 2.97. The van der Waals surface area contributed by atoms with Crippen LogP contribution in [0.5, 0.6) is 11.5 Å². The Kier molecular flexibility index (Phi) is 4.46. The van der Waals surface area contributed by atoms with Crippen LogP contribution in [0.3, 0.4) is 0 Å². The van der Waals surface area contributed by atoms with Crippen LogP contribution in [0.1, 0.15) is 14.1 Å². The van der Waals surface area contributed by atoms with Crippen LogP contribution in [0.15, 0.2) is 46.1 Å². The molecule has 6 nitrogen and oxygen atoms in total. The number of hydrogen-bond acceptors (Lipinski definition) is 5. The van der Waals surface area contributed by atoms with Crippen LogP contribution in [0.2, 0.25) is 0 Å². The number of aromatic nitrogens is 3. The molecule has 0 aliphatic carbocycles. The Morgan fingerprint density at radius 1 is 1.24 bits per heavy atom. The van der Waals surface area contributed by atoms with E-state index in [0.29, 0.717) is 12.3 Å². The highest BCUT2D eigenvalue weighted by molar-refractivity contribution is 9.10. The molecule has 0 bridgehead atoms. The van der Waals surface area contributed by atoms with Crippen molar-refractivity contribution in [1.82, 2.24) is 14.5 Å². The second kappa shape index (κ2) is 7.70. The van der Waals surface area contributed by atoms with Crippen molar-refractivity contribution in [3.8, 4) is 17.2 Å². The van der Waals surface area contributed by atoms with E-state index in [1.54, 1.807) is 6.08 Å². The minimum Gasteiger partial charge on any atom is -0.487 e. The van der Waals surface area contributed by atoms with Crippen molar-refractivity contribution >= 4 is 22.0 Å². The maximum Gasteiger partial charge on any atom is 0.259 e. The highest BCUT2D eigenvalue weighted by Gasteiger charge is 2.21. The molecule has 4 rings (SSSR count). The number of halogens is 4. The summed E-state index contributed by atoms with van der Waals surface area (Å²) in [7, 11) is 0. The normalized spacial score (nSPS) is 15.0. The monoisotopic (exact) mass is 467 g/mol. The summed E-state index contributed by atoms with van der Waals surface area (Å²) in [5, 5.41) is 0. The van der Waals surface area contributed by atoms with E-state index in [9.17, 15) is 18.0 Å². The molecule has 0 saturated heterocycles. The summed E-state index contributed by atoms with van der Waals surface area (Å²) in [6, 6.07) is 2.63. The summed E-state index contributed by atoms with van der Waals surface area (Å²) in [4.78, 5) is 20.1. The van der Waals surface area contributed by atoms with E-state index in [4.69, 9.17) is 12.2 Å². The molecular formula is C19H11BrF3N3O3. The van der Waals surface area contributed by atoms with Gasteiger partial charge in [0.1, 0.15) is 40.7 Å². The van der Waals surface area contributed by atoms with Gasteiger partial charge in [0, 0.05) is 18.2 Å². The van der Waals surface area contributed by atoms with E-state index in [1.807, 2.05) is 0 Å². The zero-order valence-corrected chi connectivity index (χ0v) is 15.9. The van der Waals surface area contributed by atoms with Gasteiger partial charge in [0.05, 0.1) is 20.8 Å². The summed E-state index contributed by atoms with van der Waals surface area (Å²) in [5.74, 6) is -3.32. The average Bonchev–Trinajstić information content (AvgIpc) is 2.66. The van der Waals surface area contributed by atoms with Gasteiger partial charge in [-0.05, 0) is 28.1 Å². The predicted molar refractivity (Wildman–Crippen MR) is 101 cm³/mol. The third-order valence-corrected chi connectivity index (χ3v) is 4.43. The smallest absolute Gasteiger partial charge is 0.259 e. The van der Waals surface area contributed by atoms with Crippen LogP contribution in [0, 0.1) is 17.5 Å². The lowest BCUT2D eigenvalue weighted by Crippen LogP contribution is -2.23. The average molecular weight is 468 g/mol. The Labute approximate surface area is 173 Å². The molecule has 0 unspecified atom stereocenters. The molecule has 0 fully saturated rings. The van der Waals surface area contributed by atoms with Gasteiger partial charge in [0.25, 0.3) is 5.56 Å². The van der Waals surface area contributed by atoms with Crippen molar-refractivity contribution in [3.63, 3.8) is 0 Å². The summed E-state index contributed by atoms with van der Waals surface area (Å²) < 4.78 is 69.3. The predicted octanol–water partition coefficient (Wildman–Crippen LogP) is 3.79. The van der Waals surface area contributed by atoms with Crippen LogP contribution >= 0.6 is 15.9 Å². The molecule has 148 valence electrons. The van der Waals surface area contributed by atoms with Gasteiger partial charge in [-0.1, -0.05) is 0 Å². The fourth-order valence-corrected chi connectivity index (χ4v) is 2.93. The highest BCUT2D eigenvalue weighted by atomic mass is 79.9. The van der Waals surface area contributed by atoms with Crippen molar-refractivity contribution in [1.29, 1.82) is 0 Å². The molecule has 1 aliphatic heterocycles. The minimum absolute atomic E-state index is 0.0231. The van der Waals surface area contributed by atoms with E-state index in [-0.39, 0.29) is 34.1 Å². The molecule has 0 atom stereocenters. The first-order chi connectivity index (χ1) is 14.7. The Bertz CT molecular complexity index is 1280. The molecule has 1 aliphatic rings. The molecule has 0 radical (unpaired) electrons. The van der Waals surface area contributed by atoms with Crippen molar-refractivity contribution in [2.45, 2.75) is 6.56 Å². The SMILES string of the molecule is [2H]C([2H])(Oc1cc2n(c(=O)c1)-c1c(cnc(Br)c1F)OC/C=C\2)c1ncc(F)cc1F. The van der Waals surface area contributed by atoms with Crippen molar-refractivity contribution in [3.05, 3.63) is 80.5 Å². The van der Waals surface area contributed by atoms with Crippen molar-refractivity contribution < 1.29 is 25.4 Å². The largest absolute Gasteiger partial charge is 0.487 e. The second-order valence-corrected chi connectivity index (χ2v) is 6.52. The first-order valence-electron chi connectivity index (χ1n) is 9.09. The van der Waals surface area contributed by atoms with E-state index in [0.717, 1.165) is 10.6 Å². The molecule has 4 heterocycles. The van der Waals surface area contributed by atoms with Crippen molar-refractivity contribution in [2.75, 3.05) is 6.61 Å². The van der Waals surface area contributed by atoms with Gasteiger partial charge in [-0.25, -0.2) is 18.2 Å². The standard InChI is InChI=1S/C19H11BrF3N3O3/c20-19-17(23)18-15(8-25-19)28-3-1-2-11-5-12(6-16(27)26(11)18)29-9-14-13(22)4-10(21)7-24-14/h1-2,4-8H,3,9H2/b2-1-/i9D2. The third kappa shape index (κ3) is 3.75. The lowest BCUT2D eigenvalue weighted by atomic mass is 10.2. The topological polar surface area (TPSA) is 66.2 Å². The number of fused-ring (bicyclic) bond motifs is 3. The van der Waals surface area contributed by atoms with Crippen LogP contribution in [-0.4, -0.2) is 21.1 Å². The maximum atomic E-state index is 14.8. The zero-order chi connectivity index (χ0) is 22.3. The number of nitrogens with zero attached hydrogens (tertiary/aromatic N) is 3.